The van der Waals surface area contributed by atoms with Crippen LogP contribution in [0.25, 0.3) is 0 Å². The first kappa shape index (κ1) is 8.30. The van der Waals surface area contributed by atoms with Gasteiger partial charge in [-0.05, 0) is 13.3 Å². The number of rotatable bonds is 3. The molecule has 9 heavy (non-hydrogen) atoms. The van der Waals surface area contributed by atoms with Crippen molar-refractivity contribution in [3.8, 4) is 0 Å². The third-order valence-corrected chi connectivity index (χ3v) is 0.912. The lowest BCUT2D eigenvalue weighted by Gasteiger charge is -1.95. The summed E-state index contributed by atoms with van der Waals surface area (Å²) in [5, 5.41) is 7.30. The Bertz CT molecular complexity index is 107. The molecule has 0 aliphatic carbocycles. The Morgan fingerprint density at radius 1 is 1.56 bits per heavy atom. The van der Waals surface area contributed by atoms with Crippen molar-refractivity contribution in [1.29, 1.82) is 0 Å². The summed E-state index contributed by atoms with van der Waals surface area (Å²) in [6.45, 7) is 3.82. The number of hydrogen-bond acceptors (Lipinski definition) is 3. The van der Waals surface area contributed by atoms with Gasteiger partial charge in [0.05, 0.1) is 0 Å². The fourth-order valence-corrected chi connectivity index (χ4v) is 0.296. The van der Waals surface area contributed by atoms with E-state index in [2.05, 4.69) is 10.2 Å². The second-order valence-electron chi connectivity index (χ2n) is 1.71. The third-order valence-electron chi connectivity index (χ3n) is 0.912. The van der Waals surface area contributed by atoms with Gasteiger partial charge in [0.15, 0.2) is 0 Å². The van der Waals surface area contributed by atoms with Gasteiger partial charge in [0.2, 0.25) is 0 Å². The average Bonchev–Trinajstić information content (AvgIpc) is 1.89. The van der Waals surface area contributed by atoms with Crippen molar-refractivity contribution >= 4 is 12.4 Å². The maximum absolute atomic E-state index is 5.49. The molecule has 0 amide bonds. The Morgan fingerprint density at radius 3 is 2.67 bits per heavy atom. The molecule has 0 saturated heterocycles. The first-order valence-electron chi connectivity index (χ1n) is 3.08. The van der Waals surface area contributed by atoms with E-state index in [0.717, 1.165) is 6.42 Å². The summed E-state index contributed by atoms with van der Waals surface area (Å²) < 4.78 is 0. The normalized spacial score (nSPS) is 15.4. The van der Waals surface area contributed by atoms with Crippen LogP contribution in [-0.2, 0) is 0 Å². The van der Waals surface area contributed by atoms with E-state index in [1.807, 2.05) is 13.8 Å². The zero-order chi connectivity index (χ0) is 7.11. The molecule has 0 spiro atoms. The molecule has 0 radical (unpaired) electrons. The minimum absolute atomic E-state index is 0.0497. The molecule has 0 aliphatic rings. The lowest BCUT2D eigenvalue weighted by atomic mass is 10.3. The monoisotopic (exact) mass is 127 g/mol. The van der Waals surface area contributed by atoms with Gasteiger partial charge in [-0.1, -0.05) is 6.92 Å². The quantitative estimate of drug-likeness (QED) is 0.442. The fourth-order valence-electron chi connectivity index (χ4n) is 0.296. The Hall–Kier alpha value is -0.700. The minimum atomic E-state index is 0.0497. The molecule has 0 aromatic heterocycles. The van der Waals surface area contributed by atoms with Crippen LogP contribution in [0.1, 0.15) is 20.3 Å². The highest BCUT2D eigenvalue weighted by Gasteiger charge is 1.88. The van der Waals surface area contributed by atoms with E-state index in [1.165, 1.54) is 0 Å². The molecule has 0 aromatic rings. The van der Waals surface area contributed by atoms with Gasteiger partial charge in [0, 0.05) is 18.5 Å². The van der Waals surface area contributed by atoms with Gasteiger partial charge in [0.1, 0.15) is 0 Å². The number of nitrogens with two attached hydrogens (primary N) is 1. The van der Waals surface area contributed by atoms with Gasteiger partial charge in [-0.2, -0.15) is 10.2 Å². The lowest BCUT2D eigenvalue weighted by molar-refractivity contribution is 0.830. The van der Waals surface area contributed by atoms with Gasteiger partial charge in [0.25, 0.3) is 0 Å². The predicted octanol–water partition coefficient (Wildman–Crippen LogP) is 0.800. The Kier molecular flexibility index (Phi) is 5.01. The van der Waals surface area contributed by atoms with E-state index in [-0.39, 0.29) is 6.04 Å². The molecule has 1 atom stereocenters. The van der Waals surface area contributed by atoms with Crippen molar-refractivity contribution in [3.05, 3.63) is 0 Å². The van der Waals surface area contributed by atoms with Crippen LogP contribution < -0.4 is 5.73 Å². The van der Waals surface area contributed by atoms with Crippen molar-refractivity contribution in [3.63, 3.8) is 0 Å². The summed E-state index contributed by atoms with van der Waals surface area (Å²) in [7, 11) is 0. The van der Waals surface area contributed by atoms with Gasteiger partial charge in [-0.15, -0.1) is 0 Å². The molecule has 0 rings (SSSR count). The molecule has 0 fully saturated rings. The molecule has 0 saturated carbocycles. The summed E-state index contributed by atoms with van der Waals surface area (Å²) in [6, 6.07) is 0.0497. The largest absolute Gasteiger partial charge is 0.323 e. The van der Waals surface area contributed by atoms with Crippen LogP contribution in [0.5, 0.6) is 0 Å². The first-order valence-corrected chi connectivity index (χ1v) is 3.08. The maximum atomic E-state index is 5.49. The van der Waals surface area contributed by atoms with E-state index in [4.69, 9.17) is 5.73 Å². The van der Waals surface area contributed by atoms with Crippen molar-refractivity contribution < 1.29 is 0 Å². The Labute approximate surface area is 55.7 Å². The van der Waals surface area contributed by atoms with E-state index in [0.29, 0.717) is 0 Å². The third kappa shape index (κ3) is 5.17. The second-order valence-corrected chi connectivity index (χ2v) is 1.71. The minimum Gasteiger partial charge on any atom is -0.323 e. The number of hydrogen-bond donors (Lipinski definition) is 1. The van der Waals surface area contributed by atoms with Crippen LogP contribution in [0, 0.1) is 0 Å². The highest BCUT2D eigenvalue weighted by Crippen LogP contribution is 1.80. The molecular formula is C6H13N3. The first-order chi connectivity index (χ1) is 4.31. The van der Waals surface area contributed by atoms with Gasteiger partial charge < -0.3 is 5.73 Å². The average molecular weight is 127 g/mol. The van der Waals surface area contributed by atoms with Crippen LogP contribution in [-0.4, -0.2) is 18.5 Å². The molecular weight excluding hydrogens is 114 g/mol. The SMILES string of the molecule is CC=NN=CC(N)CC. The zero-order valence-corrected chi connectivity index (χ0v) is 5.91. The highest BCUT2D eigenvalue weighted by molar-refractivity contribution is 5.64. The smallest absolute Gasteiger partial charge is 0.0437 e. The Morgan fingerprint density at radius 2 is 2.22 bits per heavy atom. The fraction of sp³-hybridized carbons (Fsp3) is 0.667. The van der Waals surface area contributed by atoms with Crippen LogP contribution in [0.15, 0.2) is 10.2 Å². The van der Waals surface area contributed by atoms with Gasteiger partial charge in [-0.25, -0.2) is 0 Å². The Balaban J connectivity index is 3.43. The topological polar surface area (TPSA) is 50.7 Å². The molecule has 0 bridgehead atoms. The lowest BCUT2D eigenvalue weighted by Crippen LogP contribution is -2.19. The molecule has 52 valence electrons. The maximum Gasteiger partial charge on any atom is 0.0437 e. The number of nitrogens with zero attached hydrogens (tertiary/aromatic N) is 2. The van der Waals surface area contributed by atoms with E-state index in [1.54, 1.807) is 12.4 Å². The van der Waals surface area contributed by atoms with Crippen LogP contribution >= 0.6 is 0 Å². The summed E-state index contributed by atoms with van der Waals surface area (Å²) in [5.74, 6) is 0. The van der Waals surface area contributed by atoms with Gasteiger partial charge in [-0.3, -0.25) is 0 Å². The predicted molar refractivity (Wildman–Crippen MR) is 40.9 cm³/mol. The molecule has 0 heterocycles. The molecule has 0 aliphatic heterocycles. The van der Waals surface area contributed by atoms with Crippen LogP contribution in [0.3, 0.4) is 0 Å². The van der Waals surface area contributed by atoms with Crippen molar-refractivity contribution in [2.24, 2.45) is 15.9 Å². The summed E-state index contributed by atoms with van der Waals surface area (Å²) in [4.78, 5) is 0. The molecule has 3 heteroatoms. The van der Waals surface area contributed by atoms with Crippen LogP contribution in [0.4, 0.5) is 0 Å². The zero-order valence-electron chi connectivity index (χ0n) is 5.91. The van der Waals surface area contributed by atoms with E-state index in [9.17, 15) is 0 Å². The van der Waals surface area contributed by atoms with E-state index >= 15 is 0 Å². The van der Waals surface area contributed by atoms with E-state index < -0.39 is 0 Å². The molecule has 2 N–H and O–H groups in total. The summed E-state index contributed by atoms with van der Waals surface area (Å²) >= 11 is 0. The summed E-state index contributed by atoms with van der Waals surface area (Å²) in [6.07, 6.45) is 4.17. The highest BCUT2D eigenvalue weighted by atomic mass is 15.2. The van der Waals surface area contributed by atoms with Gasteiger partial charge >= 0.3 is 0 Å². The second kappa shape index (κ2) is 5.44. The molecule has 0 aromatic carbocycles. The molecule has 3 nitrogen and oxygen atoms in total. The molecule has 1 unspecified atom stereocenters. The van der Waals surface area contributed by atoms with Crippen molar-refractivity contribution in [2.75, 3.05) is 0 Å². The summed E-state index contributed by atoms with van der Waals surface area (Å²) in [5.41, 5.74) is 5.49. The van der Waals surface area contributed by atoms with Crippen molar-refractivity contribution in [1.82, 2.24) is 0 Å². The van der Waals surface area contributed by atoms with Crippen LogP contribution in [0.2, 0.25) is 0 Å². The van der Waals surface area contributed by atoms with Crippen molar-refractivity contribution in [2.45, 2.75) is 26.3 Å². The standard InChI is InChI=1S/C6H13N3/c1-3-6(7)5-9-8-4-2/h4-6H,3,7H2,1-2H3.